The van der Waals surface area contributed by atoms with Gasteiger partial charge in [-0.1, -0.05) is 40.0 Å². The summed E-state index contributed by atoms with van der Waals surface area (Å²) in [6.07, 6.45) is 9.56. The maximum Gasteiger partial charge on any atom is 0.317 e. The van der Waals surface area contributed by atoms with Crippen molar-refractivity contribution in [2.24, 2.45) is 0 Å². The molecule has 1 unspecified atom stereocenters. The smallest absolute Gasteiger partial charge is 0.317 e. The van der Waals surface area contributed by atoms with Crippen LogP contribution in [0.5, 0.6) is 0 Å². The van der Waals surface area contributed by atoms with Crippen LogP contribution in [0.2, 0.25) is 0 Å². The largest absolute Gasteiger partial charge is 0.335 e. The lowest BCUT2D eigenvalue weighted by molar-refractivity contribution is 0.142. The van der Waals surface area contributed by atoms with Gasteiger partial charge in [0.1, 0.15) is 5.82 Å². The molecule has 0 radical (unpaired) electrons. The molecule has 2 amide bonds. The van der Waals surface area contributed by atoms with Crippen molar-refractivity contribution in [1.29, 1.82) is 0 Å². The fraction of sp³-hybridized carbons (Fsp3) is 0.773. The van der Waals surface area contributed by atoms with Crippen LogP contribution in [0, 0.1) is 0 Å². The molecule has 1 saturated carbocycles. The summed E-state index contributed by atoms with van der Waals surface area (Å²) in [6, 6.07) is 0.392. The van der Waals surface area contributed by atoms with Gasteiger partial charge in [0.05, 0.1) is 5.69 Å². The third-order valence-electron chi connectivity index (χ3n) is 6.88. The Morgan fingerprint density at radius 2 is 1.93 bits per heavy atom. The first-order chi connectivity index (χ1) is 13.3. The lowest BCUT2D eigenvalue weighted by atomic mass is 9.77. The van der Waals surface area contributed by atoms with E-state index >= 15 is 0 Å². The first-order valence-corrected chi connectivity index (χ1v) is 11.0. The Labute approximate surface area is 167 Å². The molecule has 3 aliphatic rings. The molecular weight excluding hydrogens is 352 g/mol. The summed E-state index contributed by atoms with van der Waals surface area (Å²) in [5.74, 6) is 0.751. The number of rotatable bonds is 1. The van der Waals surface area contributed by atoms with E-state index in [0.29, 0.717) is 12.6 Å². The minimum Gasteiger partial charge on any atom is -0.335 e. The molecule has 2 fully saturated rings. The van der Waals surface area contributed by atoms with Gasteiger partial charge in [0.2, 0.25) is 0 Å². The SMILES string of the molecule is CC(C)(C)c1nc2c(c(=O)[nH]1)CCC21CCCN(C(=O)NC2CCCCC2)C1. The van der Waals surface area contributed by atoms with Crippen LogP contribution >= 0.6 is 0 Å². The number of hydrogen-bond acceptors (Lipinski definition) is 3. The number of aromatic amines is 1. The molecular formula is C22H34N4O2. The number of urea groups is 1. The van der Waals surface area contributed by atoms with Gasteiger partial charge in [0.25, 0.3) is 5.56 Å². The van der Waals surface area contributed by atoms with E-state index in [4.69, 9.17) is 4.98 Å². The summed E-state index contributed by atoms with van der Waals surface area (Å²) in [7, 11) is 0. The third-order valence-corrected chi connectivity index (χ3v) is 6.88. The molecule has 0 bridgehead atoms. The first kappa shape index (κ1) is 19.5. The highest BCUT2D eigenvalue weighted by Gasteiger charge is 2.46. The van der Waals surface area contributed by atoms with Crippen molar-refractivity contribution < 1.29 is 4.79 Å². The predicted octanol–water partition coefficient (Wildman–Crippen LogP) is 3.39. The van der Waals surface area contributed by atoms with Crippen molar-refractivity contribution in [3.8, 4) is 0 Å². The summed E-state index contributed by atoms with van der Waals surface area (Å²) in [6.45, 7) is 7.70. The Kier molecular flexibility index (Phi) is 5.00. The zero-order valence-electron chi connectivity index (χ0n) is 17.6. The van der Waals surface area contributed by atoms with E-state index in [-0.39, 0.29) is 22.4 Å². The van der Waals surface area contributed by atoms with Crippen LogP contribution in [0.4, 0.5) is 4.79 Å². The van der Waals surface area contributed by atoms with Crippen LogP contribution < -0.4 is 10.9 Å². The van der Waals surface area contributed by atoms with Gasteiger partial charge >= 0.3 is 6.03 Å². The van der Waals surface area contributed by atoms with Gasteiger partial charge < -0.3 is 15.2 Å². The molecule has 4 rings (SSSR count). The number of amides is 2. The van der Waals surface area contributed by atoms with Crippen LogP contribution in [0.3, 0.4) is 0 Å². The highest BCUT2D eigenvalue weighted by Crippen LogP contribution is 2.43. The zero-order chi connectivity index (χ0) is 19.9. The normalized spacial score (nSPS) is 25.8. The van der Waals surface area contributed by atoms with Crippen LogP contribution in [0.25, 0.3) is 0 Å². The molecule has 1 atom stereocenters. The van der Waals surface area contributed by atoms with Crippen LogP contribution in [-0.2, 0) is 17.3 Å². The molecule has 0 aromatic carbocycles. The Morgan fingerprint density at radius 1 is 1.18 bits per heavy atom. The van der Waals surface area contributed by atoms with Crippen molar-refractivity contribution in [3.05, 3.63) is 27.4 Å². The van der Waals surface area contributed by atoms with Gasteiger partial charge in [0, 0.05) is 35.5 Å². The number of H-pyrrole nitrogens is 1. The van der Waals surface area contributed by atoms with Gasteiger partial charge in [0.15, 0.2) is 0 Å². The molecule has 2 N–H and O–H groups in total. The second-order valence-electron chi connectivity index (χ2n) is 10.1. The number of carbonyl (C=O) groups excluding carboxylic acids is 1. The molecule has 1 aliphatic heterocycles. The van der Waals surface area contributed by atoms with Gasteiger partial charge in [-0.3, -0.25) is 4.79 Å². The number of hydrogen-bond donors (Lipinski definition) is 2. The summed E-state index contributed by atoms with van der Waals surface area (Å²) < 4.78 is 0. The second-order valence-corrected chi connectivity index (χ2v) is 10.1. The van der Waals surface area contributed by atoms with Gasteiger partial charge in [-0.25, -0.2) is 9.78 Å². The number of carbonyl (C=O) groups is 1. The molecule has 1 aromatic rings. The third kappa shape index (κ3) is 3.58. The summed E-state index contributed by atoms with van der Waals surface area (Å²) in [5, 5.41) is 3.26. The van der Waals surface area contributed by atoms with E-state index in [1.54, 1.807) is 0 Å². The Balaban J connectivity index is 1.57. The molecule has 2 heterocycles. The highest BCUT2D eigenvalue weighted by molar-refractivity contribution is 5.75. The topological polar surface area (TPSA) is 78.1 Å². The second kappa shape index (κ2) is 7.20. The lowest BCUT2D eigenvalue weighted by Gasteiger charge is -2.41. The maximum absolute atomic E-state index is 12.9. The molecule has 154 valence electrons. The van der Waals surface area contributed by atoms with E-state index < -0.39 is 0 Å². The number of likely N-dealkylation sites (tertiary alicyclic amines) is 1. The number of aromatic nitrogens is 2. The highest BCUT2D eigenvalue weighted by atomic mass is 16.2. The fourth-order valence-corrected chi connectivity index (χ4v) is 5.22. The Hall–Kier alpha value is -1.85. The summed E-state index contributed by atoms with van der Waals surface area (Å²) in [4.78, 5) is 35.6. The molecule has 1 saturated heterocycles. The zero-order valence-corrected chi connectivity index (χ0v) is 17.6. The Bertz CT molecular complexity index is 804. The lowest BCUT2D eigenvalue weighted by Crippen LogP contribution is -2.53. The average molecular weight is 387 g/mol. The van der Waals surface area contributed by atoms with Gasteiger partial charge in [-0.2, -0.15) is 0 Å². The quantitative estimate of drug-likeness (QED) is 0.776. The molecule has 1 aromatic heterocycles. The average Bonchev–Trinajstić information content (AvgIpc) is 3.00. The fourth-order valence-electron chi connectivity index (χ4n) is 5.22. The maximum atomic E-state index is 12.9. The molecule has 28 heavy (non-hydrogen) atoms. The number of piperidine rings is 1. The predicted molar refractivity (Wildman–Crippen MR) is 110 cm³/mol. The van der Waals surface area contributed by atoms with Crippen LogP contribution in [-0.4, -0.2) is 40.0 Å². The first-order valence-electron chi connectivity index (χ1n) is 11.0. The van der Waals surface area contributed by atoms with Crippen molar-refractivity contribution >= 4 is 6.03 Å². The van der Waals surface area contributed by atoms with E-state index in [1.165, 1.54) is 19.3 Å². The minimum absolute atomic E-state index is 0.00980. The van der Waals surface area contributed by atoms with E-state index in [9.17, 15) is 9.59 Å². The molecule has 6 nitrogen and oxygen atoms in total. The number of fused-ring (bicyclic) bond motifs is 2. The molecule has 1 spiro atoms. The van der Waals surface area contributed by atoms with Crippen molar-refractivity contribution in [2.75, 3.05) is 13.1 Å². The molecule has 6 heteroatoms. The number of nitrogens with zero attached hydrogens (tertiary/aromatic N) is 2. The van der Waals surface area contributed by atoms with E-state index in [0.717, 1.165) is 62.2 Å². The Morgan fingerprint density at radius 3 is 2.64 bits per heavy atom. The minimum atomic E-state index is -0.204. The van der Waals surface area contributed by atoms with E-state index in [1.807, 2.05) is 4.90 Å². The monoisotopic (exact) mass is 386 g/mol. The van der Waals surface area contributed by atoms with Gasteiger partial charge in [-0.05, 0) is 38.5 Å². The van der Waals surface area contributed by atoms with E-state index in [2.05, 4.69) is 31.1 Å². The van der Waals surface area contributed by atoms with Crippen LogP contribution in [0.15, 0.2) is 4.79 Å². The summed E-state index contributed by atoms with van der Waals surface area (Å²) in [5.41, 5.74) is 1.44. The summed E-state index contributed by atoms with van der Waals surface area (Å²) >= 11 is 0. The van der Waals surface area contributed by atoms with Crippen molar-refractivity contribution in [2.45, 2.75) is 95.4 Å². The van der Waals surface area contributed by atoms with Crippen molar-refractivity contribution in [3.63, 3.8) is 0 Å². The molecule has 2 aliphatic carbocycles. The van der Waals surface area contributed by atoms with Gasteiger partial charge in [-0.15, -0.1) is 0 Å². The standard InChI is InChI=1S/C22H34N4O2/c1-21(2,3)19-24-17-16(18(27)25-19)10-12-22(17)11-7-13-26(14-22)20(28)23-15-8-5-4-6-9-15/h15H,4-14H2,1-3H3,(H,23,28)(H,24,25,27). The van der Waals surface area contributed by atoms with Crippen LogP contribution in [0.1, 0.15) is 89.2 Å². The van der Waals surface area contributed by atoms with Crippen molar-refractivity contribution in [1.82, 2.24) is 20.2 Å². The number of nitrogens with one attached hydrogen (secondary N) is 2.